The van der Waals surface area contributed by atoms with Crippen LogP contribution in [-0.2, 0) is 14.3 Å². The molecule has 0 saturated carbocycles. The minimum absolute atomic E-state index is 0.0291. The van der Waals surface area contributed by atoms with Gasteiger partial charge in [-0.1, -0.05) is 54.6 Å². The summed E-state index contributed by atoms with van der Waals surface area (Å²) >= 11 is 1.38. The Kier molecular flexibility index (Phi) is 7.21. The van der Waals surface area contributed by atoms with E-state index in [-0.39, 0.29) is 31.3 Å². The molecule has 4 rings (SSSR count). The molecule has 2 amide bonds. The molecule has 8 heteroatoms. The number of carboxylic acids is 1. The number of benzene rings is 2. The molecule has 0 radical (unpaired) electrons. The first-order valence-corrected chi connectivity index (χ1v) is 12.3. The number of hydrogen-bond acceptors (Lipinski definition) is 5. The van der Waals surface area contributed by atoms with Gasteiger partial charge >= 0.3 is 12.1 Å². The van der Waals surface area contributed by atoms with Gasteiger partial charge in [0.15, 0.2) is 0 Å². The van der Waals surface area contributed by atoms with Gasteiger partial charge < -0.3 is 20.5 Å². The van der Waals surface area contributed by atoms with Gasteiger partial charge in [-0.3, -0.25) is 9.59 Å². The number of rotatable bonds is 9. The van der Waals surface area contributed by atoms with E-state index in [9.17, 15) is 19.5 Å². The Morgan fingerprint density at radius 2 is 1.63 bits per heavy atom. The summed E-state index contributed by atoms with van der Waals surface area (Å²) < 4.78 is 5.59. The fourth-order valence-corrected chi connectivity index (χ4v) is 5.27. The number of carbonyl (C=O) groups excluding carboxylic acids is 2. The maximum atomic E-state index is 12.7. The molecular weight excluding hydrogens is 464 g/mol. The van der Waals surface area contributed by atoms with Crippen LogP contribution in [0.4, 0.5) is 4.79 Å². The molecular formula is C27H28N2O5S. The van der Waals surface area contributed by atoms with Crippen LogP contribution in [0.1, 0.15) is 54.7 Å². The van der Waals surface area contributed by atoms with Crippen LogP contribution in [0.15, 0.2) is 66.0 Å². The summed E-state index contributed by atoms with van der Waals surface area (Å²) in [6.45, 7) is 3.64. The van der Waals surface area contributed by atoms with Crippen LogP contribution in [0.3, 0.4) is 0 Å². The van der Waals surface area contributed by atoms with Crippen LogP contribution >= 0.6 is 11.3 Å². The predicted molar refractivity (Wildman–Crippen MR) is 134 cm³/mol. The van der Waals surface area contributed by atoms with E-state index >= 15 is 0 Å². The van der Waals surface area contributed by atoms with Crippen molar-refractivity contribution >= 4 is 29.3 Å². The van der Waals surface area contributed by atoms with Gasteiger partial charge in [0, 0.05) is 22.8 Å². The van der Waals surface area contributed by atoms with E-state index < -0.39 is 23.6 Å². The van der Waals surface area contributed by atoms with E-state index in [0.29, 0.717) is 0 Å². The average molecular weight is 493 g/mol. The highest BCUT2D eigenvalue weighted by Gasteiger charge is 2.31. The van der Waals surface area contributed by atoms with Crippen molar-refractivity contribution in [2.24, 2.45) is 0 Å². The molecule has 3 N–H and O–H groups in total. The first-order valence-electron chi connectivity index (χ1n) is 11.4. The van der Waals surface area contributed by atoms with Crippen LogP contribution in [0.25, 0.3) is 11.1 Å². The summed E-state index contributed by atoms with van der Waals surface area (Å²) in [6, 6.07) is 19.2. The first kappa shape index (κ1) is 24.5. The van der Waals surface area contributed by atoms with Gasteiger partial charge in [-0.25, -0.2) is 4.79 Å². The molecule has 182 valence electrons. The number of ether oxygens (including phenoxy) is 1. The first-order chi connectivity index (χ1) is 16.7. The van der Waals surface area contributed by atoms with Gasteiger partial charge in [0.2, 0.25) is 5.91 Å². The van der Waals surface area contributed by atoms with E-state index in [4.69, 9.17) is 4.74 Å². The van der Waals surface area contributed by atoms with E-state index in [1.807, 2.05) is 35.7 Å². The third-order valence-corrected chi connectivity index (χ3v) is 6.97. The Morgan fingerprint density at radius 1 is 1.00 bits per heavy atom. The Morgan fingerprint density at radius 3 is 2.20 bits per heavy atom. The molecule has 1 aromatic heterocycles. The molecule has 35 heavy (non-hydrogen) atoms. The van der Waals surface area contributed by atoms with Crippen LogP contribution in [0, 0.1) is 0 Å². The molecule has 0 bridgehead atoms. The SMILES string of the molecule is CC(C)(CC(=O)NC(CC(=O)O)c1cccs1)NC(=O)OCC1c2ccccc2-c2ccccc21. The number of thiophene rings is 1. The number of amides is 2. The number of fused-ring (bicyclic) bond motifs is 3. The van der Waals surface area contributed by atoms with Crippen LogP contribution in [-0.4, -0.2) is 35.2 Å². The molecule has 1 aliphatic rings. The third-order valence-electron chi connectivity index (χ3n) is 5.99. The Hall–Kier alpha value is -3.65. The Labute approximate surface area is 208 Å². The van der Waals surface area contributed by atoms with Crippen molar-refractivity contribution in [1.29, 1.82) is 0 Å². The van der Waals surface area contributed by atoms with Gasteiger partial charge in [0.1, 0.15) is 6.61 Å². The van der Waals surface area contributed by atoms with Crippen molar-refractivity contribution in [3.05, 3.63) is 82.0 Å². The minimum atomic E-state index is -1.00. The van der Waals surface area contributed by atoms with E-state index in [0.717, 1.165) is 27.1 Å². The Balaban J connectivity index is 1.34. The molecule has 7 nitrogen and oxygen atoms in total. The summed E-state index contributed by atoms with van der Waals surface area (Å²) in [6.07, 6.45) is -0.851. The molecule has 1 heterocycles. The van der Waals surface area contributed by atoms with E-state index in [1.165, 1.54) is 11.3 Å². The van der Waals surface area contributed by atoms with Crippen LogP contribution in [0.5, 0.6) is 0 Å². The maximum Gasteiger partial charge on any atom is 0.407 e. The second-order valence-electron chi connectivity index (χ2n) is 9.24. The second kappa shape index (κ2) is 10.3. The molecule has 2 aromatic carbocycles. The zero-order valence-corrected chi connectivity index (χ0v) is 20.4. The normalized spacial score (nSPS) is 13.4. The number of alkyl carbamates (subject to hydrolysis) is 1. The van der Waals surface area contributed by atoms with Crippen molar-refractivity contribution in [3.63, 3.8) is 0 Å². The molecule has 0 aliphatic heterocycles. The second-order valence-corrected chi connectivity index (χ2v) is 10.2. The van der Waals surface area contributed by atoms with Crippen molar-refractivity contribution in [3.8, 4) is 11.1 Å². The molecule has 0 fully saturated rings. The standard InChI is InChI=1S/C27H28N2O5S/c1-27(2,15-24(30)28-22(14-25(31)32)23-12-7-13-35-23)29-26(33)34-16-21-19-10-5-3-8-17(19)18-9-4-6-11-20(18)21/h3-13,21-22H,14-16H2,1-2H3,(H,28,30)(H,29,33)(H,31,32). The van der Waals surface area contributed by atoms with E-state index in [1.54, 1.807) is 19.9 Å². The molecule has 1 unspecified atom stereocenters. The quantitative estimate of drug-likeness (QED) is 0.386. The van der Waals surface area contributed by atoms with Gasteiger partial charge in [0.05, 0.1) is 12.5 Å². The molecule has 1 atom stereocenters. The predicted octanol–water partition coefficient (Wildman–Crippen LogP) is 5.09. The number of hydrogen-bond donors (Lipinski definition) is 3. The lowest BCUT2D eigenvalue weighted by atomic mass is 9.98. The van der Waals surface area contributed by atoms with Gasteiger partial charge in [-0.2, -0.15) is 0 Å². The number of carboxylic acid groups (broad SMARTS) is 1. The number of nitrogens with one attached hydrogen (secondary N) is 2. The van der Waals surface area contributed by atoms with Gasteiger partial charge in [-0.15, -0.1) is 11.3 Å². The summed E-state index contributed by atoms with van der Waals surface area (Å²) in [5.74, 6) is -1.41. The van der Waals surface area contributed by atoms with Crippen molar-refractivity contribution < 1.29 is 24.2 Å². The third kappa shape index (κ3) is 5.89. The molecule has 3 aromatic rings. The fraction of sp³-hybridized carbons (Fsp3) is 0.296. The van der Waals surface area contributed by atoms with Crippen LogP contribution in [0.2, 0.25) is 0 Å². The largest absolute Gasteiger partial charge is 0.481 e. The van der Waals surface area contributed by atoms with Gasteiger partial charge in [-0.05, 0) is 47.5 Å². The topological polar surface area (TPSA) is 105 Å². The fourth-order valence-electron chi connectivity index (χ4n) is 4.49. The lowest BCUT2D eigenvalue weighted by molar-refractivity contribution is -0.137. The van der Waals surface area contributed by atoms with Gasteiger partial charge in [0.25, 0.3) is 0 Å². The number of carbonyl (C=O) groups is 3. The lowest BCUT2D eigenvalue weighted by Gasteiger charge is -2.27. The monoisotopic (exact) mass is 492 g/mol. The van der Waals surface area contributed by atoms with Crippen molar-refractivity contribution in [2.45, 2.75) is 44.2 Å². The highest BCUT2D eigenvalue weighted by atomic mass is 32.1. The summed E-state index contributed by atoms with van der Waals surface area (Å²) in [4.78, 5) is 37.3. The summed E-state index contributed by atoms with van der Waals surface area (Å²) in [5.41, 5.74) is 3.65. The van der Waals surface area contributed by atoms with Crippen molar-refractivity contribution in [2.75, 3.05) is 6.61 Å². The van der Waals surface area contributed by atoms with Crippen LogP contribution < -0.4 is 10.6 Å². The summed E-state index contributed by atoms with van der Waals surface area (Å²) in [5, 5.41) is 16.6. The summed E-state index contributed by atoms with van der Waals surface area (Å²) in [7, 11) is 0. The maximum absolute atomic E-state index is 12.7. The molecule has 1 aliphatic carbocycles. The van der Waals surface area contributed by atoms with Crippen molar-refractivity contribution in [1.82, 2.24) is 10.6 Å². The average Bonchev–Trinajstić information content (AvgIpc) is 3.43. The smallest absolute Gasteiger partial charge is 0.407 e. The number of aliphatic carboxylic acids is 1. The minimum Gasteiger partial charge on any atom is -0.481 e. The Bertz CT molecular complexity index is 1180. The van der Waals surface area contributed by atoms with E-state index in [2.05, 4.69) is 34.9 Å². The zero-order valence-electron chi connectivity index (χ0n) is 19.6. The molecule has 0 saturated heterocycles. The highest BCUT2D eigenvalue weighted by Crippen LogP contribution is 2.44. The lowest BCUT2D eigenvalue weighted by Crippen LogP contribution is -2.47. The highest BCUT2D eigenvalue weighted by molar-refractivity contribution is 7.10. The zero-order chi connectivity index (χ0) is 25.0. The molecule has 0 spiro atoms.